The first-order valence-electron chi connectivity index (χ1n) is 8.14. The SMILES string of the molecule is O=C(Nc1nc(-c2ccccc2)ns1)C1(c2cccc(Cl)c2)CCC1. The van der Waals surface area contributed by atoms with Crippen molar-refractivity contribution >= 4 is 34.2 Å². The van der Waals surface area contributed by atoms with E-state index >= 15 is 0 Å². The van der Waals surface area contributed by atoms with Crippen LogP contribution in [0.15, 0.2) is 54.6 Å². The third-order valence-electron chi connectivity index (χ3n) is 4.70. The van der Waals surface area contributed by atoms with Crippen molar-refractivity contribution in [2.75, 3.05) is 5.32 Å². The molecule has 1 amide bonds. The normalized spacial score (nSPS) is 15.4. The van der Waals surface area contributed by atoms with Gasteiger partial charge in [0, 0.05) is 22.1 Å². The molecule has 0 saturated heterocycles. The van der Waals surface area contributed by atoms with Gasteiger partial charge in [0.15, 0.2) is 5.82 Å². The van der Waals surface area contributed by atoms with E-state index in [1.807, 2.05) is 54.6 Å². The Hall–Kier alpha value is -2.24. The number of anilines is 1. The minimum Gasteiger partial charge on any atom is -0.300 e. The Morgan fingerprint density at radius 3 is 2.60 bits per heavy atom. The molecule has 1 aliphatic carbocycles. The van der Waals surface area contributed by atoms with Crippen LogP contribution >= 0.6 is 23.1 Å². The van der Waals surface area contributed by atoms with Gasteiger partial charge < -0.3 is 0 Å². The highest BCUT2D eigenvalue weighted by molar-refractivity contribution is 7.10. The summed E-state index contributed by atoms with van der Waals surface area (Å²) < 4.78 is 4.35. The molecule has 4 nitrogen and oxygen atoms in total. The Morgan fingerprint density at radius 1 is 1.12 bits per heavy atom. The van der Waals surface area contributed by atoms with Crippen molar-refractivity contribution in [2.45, 2.75) is 24.7 Å². The quantitative estimate of drug-likeness (QED) is 0.710. The molecule has 0 spiro atoms. The van der Waals surface area contributed by atoms with Crippen molar-refractivity contribution in [2.24, 2.45) is 0 Å². The van der Waals surface area contributed by atoms with Crippen molar-refractivity contribution in [1.29, 1.82) is 0 Å². The molecule has 0 radical (unpaired) electrons. The van der Waals surface area contributed by atoms with E-state index in [0.29, 0.717) is 16.0 Å². The minimum absolute atomic E-state index is 0.0308. The first-order chi connectivity index (χ1) is 12.2. The number of nitrogens with zero attached hydrogens (tertiary/aromatic N) is 2. The summed E-state index contributed by atoms with van der Waals surface area (Å²) in [4.78, 5) is 17.4. The first-order valence-corrected chi connectivity index (χ1v) is 9.29. The molecule has 126 valence electrons. The Balaban J connectivity index is 1.56. The second-order valence-corrected chi connectivity index (χ2v) is 7.38. The highest BCUT2D eigenvalue weighted by Gasteiger charge is 2.46. The highest BCUT2D eigenvalue weighted by Crippen LogP contribution is 2.45. The largest absolute Gasteiger partial charge is 0.300 e. The summed E-state index contributed by atoms with van der Waals surface area (Å²) in [6.45, 7) is 0. The van der Waals surface area contributed by atoms with Gasteiger partial charge >= 0.3 is 0 Å². The van der Waals surface area contributed by atoms with Crippen molar-refractivity contribution in [3.05, 3.63) is 65.2 Å². The lowest BCUT2D eigenvalue weighted by Crippen LogP contribution is -2.46. The van der Waals surface area contributed by atoms with Gasteiger partial charge in [0.2, 0.25) is 11.0 Å². The van der Waals surface area contributed by atoms with Gasteiger partial charge in [-0.25, -0.2) is 0 Å². The minimum atomic E-state index is -0.510. The fourth-order valence-corrected chi connectivity index (χ4v) is 3.93. The maximum absolute atomic E-state index is 13.0. The van der Waals surface area contributed by atoms with E-state index in [1.54, 1.807) is 0 Å². The maximum Gasteiger partial charge on any atom is 0.236 e. The van der Waals surface area contributed by atoms with Gasteiger partial charge in [-0.3, -0.25) is 10.1 Å². The number of carbonyl (C=O) groups is 1. The molecular formula is C19H16ClN3OS. The Bertz CT molecular complexity index is 906. The molecule has 0 atom stereocenters. The number of carbonyl (C=O) groups excluding carboxylic acids is 1. The fraction of sp³-hybridized carbons (Fsp3) is 0.211. The van der Waals surface area contributed by atoms with Crippen LogP contribution in [0.4, 0.5) is 5.13 Å². The predicted octanol–water partition coefficient (Wildman–Crippen LogP) is 4.92. The van der Waals surface area contributed by atoms with Crippen LogP contribution in [0.2, 0.25) is 5.02 Å². The number of halogens is 1. The van der Waals surface area contributed by atoms with Gasteiger partial charge in [0.1, 0.15) is 0 Å². The zero-order valence-electron chi connectivity index (χ0n) is 13.4. The maximum atomic E-state index is 13.0. The van der Waals surface area contributed by atoms with E-state index in [1.165, 1.54) is 11.5 Å². The van der Waals surface area contributed by atoms with Gasteiger partial charge in [-0.15, -0.1) is 0 Å². The molecule has 1 aromatic heterocycles. The van der Waals surface area contributed by atoms with Crippen molar-refractivity contribution in [1.82, 2.24) is 9.36 Å². The molecule has 0 aliphatic heterocycles. The molecule has 3 aromatic rings. The molecule has 1 fully saturated rings. The van der Waals surface area contributed by atoms with Crippen molar-refractivity contribution in [3.63, 3.8) is 0 Å². The molecular weight excluding hydrogens is 354 g/mol. The van der Waals surface area contributed by atoms with Gasteiger partial charge in [-0.2, -0.15) is 9.36 Å². The zero-order valence-corrected chi connectivity index (χ0v) is 15.0. The van der Waals surface area contributed by atoms with Gasteiger partial charge in [-0.1, -0.05) is 60.5 Å². The average Bonchev–Trinajstić information content (AvgIpc) is 3.03. The van der Waals surface area contributed by atoms with E-state index in [2.05, 4.69) is 14.7 Å². The molecule has 1 saturated carbocycles. The Morgan fingerprint density at radius 2 is 1.92 bits per heavy atom. The fourth-order valence-electron chi connectivity index (χ4n) is 3.16. The van der Waals surface area contributed by atoms with Crippen LogP contribution in [0.5, 0.6) is 0 Å². The molecule has 0 bridgehead atoms. The zero-order chi connectivity index (χ0) is 17.3. The standard InChI is InChI=1S/C19H16ClN3OS/c20-15-9-4-8-14(12-15)19(10-5-11-19)17(24)22-18-21-16(23-25-18)13-6-2-1-3-7-13/h1-4,6-9,12H,5,10-11H2,(H,21,22,23,24). The van der Waals surface area contributed by atoms with Crippen LogP contribution in [-0.4, -0.2) is 15.3 Å². The summed E-state index contributed by atoms with van der Waals surface area (Å²) in [5, 5.41) is 4.13. The number of hydrogen-bond donors (Lipinski definition) is 1. The third-order valence-corrected chi connectivity index (χ3v) is 5.56. The molecule has 4 rings (SSSR count). The lowest BCUT2D eigenvalue weighted by Gasteiger charge is -2.40. The lowest BCUT2D eigenvalue weighted by atomic mass is 9.64. The number of nitrogens with one attached hydrogen (secondary N) is 1. The van der Waals surface area contributed by atoms with Gasteiger partial charge in [0.05, 0.1) is 5.41 Å². The summed E-state index contributed by atoms with van der Waals surface area (Å²) in [6.07, 6.45) is 2.68. The van der Waals surface area contributed by atoms with E-state index in [0.717, 1.165) is 30.4 Å². The van der Waals surface area contributed by atoms with E-state index in [-0.39, 0.29) is 5.91 Å². The van der Waals surface area contributed by atoms with E-state index in [9.17, 15) is 4.79 Å². The average molecular weight is 370 g/mol. The second-order valence-electron chi connectivity index (χ2n) is 6.19. The molecule has 1 aliphatic rings. The molecule has 2 aromatic carbocycles. The summed E-state index contributed by atoms with van der Waals surface area (Å²) in [5.74, 6) is 0.600. The van der Waals surface area contributed by atoms with Crippen LogP contribution < -0.4 is 5.32 Å². The summed E-state index contributed by atoms with van der Waals surface area (Å²) in [5.41, 5.74) is 1.40. The van der Waals surface area contributed by atoms with Crippen LogP contribution in [0.25, 0.3) is 11.4 Å². The van der Waals surface area contributed by atoms with Gasteiger partial charge in [-0.05, 0) is 30.5 Å². The number of hydrogen-bond acceptors (Lipinski definition) is 4. The molecule has 1 N–H and O–H groups in total. The van der Waals surface area contributed by atoms with Crippen LogP contribution in [0.1, 0.15) is 24.8 Å². The predicted molar refractivity (Wildman–Crippen MR) is 101 cm³/mol. The number of rotatable bonds is 4. The highest BCUT2D eigenvalue weighted by atomic mass is 35.5. The smallest absolute Gasteiger partial charge is 0.236 e. The monoisotopic (exact) mass is 369 g/mol. The first kappa shape index (κ1) is 16.2. The topological polar surface area (TPSA) is 54.9 Å². The van der Waals surface area contributed by atoms with Crippen LogP contribution in [0.3, 0.4) is 0 Å². The number of amides is 1. The molecule has 0 unspecified atom stereocenters. The molecule has 1 heterocycles. The van der Waals surface area contributed by atoms with Gasteiger partial charge in [0.25, 0.3) is 0 Å². The summed E-state index contributed by atoms with van der Waals surface area (Å²) in [6, 6.07) is 17.3. The van der Waals surface area contributed by atoms with Crippen molar-refractivity contribution < 1.29 is 4.79 Å². The van der Waals surface area contributed by atoms with E-state index in [4.69, 9.17) is 11.6 Å². The summed E-state index contributed by atoms with van der Waals surface area (Å²) in [7, 11) is 0. The van der Waals surface area contributed by atoms with Crippen LogP contribution in [0, 0.1) is 0 Å². The Kier molecular flexibility index (Phi) is 4.27. The molecule has 25 heavy (non-hydrogen) atoms. The third kappa shape index (κ3) is 3.05. The number of benzene rings is 2. The van der Waals surface area contributed by atoms with E-state index < -0.39 is 5.41 Å². The Labute approximate surface area is 155 Å². The van der Waals surface area contributed by atoms with Crippen LogP contribution in [-0.2, 0) is 10.2 Å². The lowest BCUT2D eigenvalue weighted by molar-refractivity contribution is -0.124. The summed E-state index contributed by atoms with van der Waals surface area (Å²) >= 11 is 7.32. The van der Waals surface area contributed by atoms with Crippen molar-refractivity contribution in [3.8, 4) is 11.4 Å². The number of aromatic nitrogens is 2. The molecule has 6 heteroatoms. The second kappa shape index (κ2) is 6.58.